The van der Waals surface area contributed by atoms with Crippen LogP contribution in [0.3, 0.4) is 0 Å². The SMILES string of the molecule is COC1=CC2C(O)c3ccccc3N3C(=O)CCC23C=C1OC. The highest BCUT2D eigenvalue weighted by Crippen LogP contribution is 2.55. The van der Waals surface area contributed by atoms with Gasteiger partial charge in [-0.15, -0.1) is 0 Å². The molecule has 3 aliphatic rings. The molecule has 1 aromatic rings. The largest absolute Gasteiger partial charge is 0.493 e. The topological polar surface area (TPSA) is 59.0 Å². The van der Waals surface area contributed by atoms with E-state index in [1.165, 1.54) is 0 Å². The minimum atomic E-state index is -0.687. The van der Waals surface area contributed by atoms with Crippen molar-refractivity contribution in [2.45, 2.75) is 24.5 Å². The van der Waals surface area contributed by atoms with Gasteiger partial charge in [0.1, 0.15) is 0 Å². The molecule has 2 heterocycles. The highest BCUT2D eigenvalue weighted by atomic mass is 16.5. The van der Waals surface area contributed by atoms with E-state index in [-0.39, 0.29) is 11.8 Å². The predicted molar refractivity (Wildman–Crippen MR) is 84.5 cm³/mol. The van der Waals surface area contributed by atoms with E-state index < -0.39 is 11.6 Å². The molecule has 23 heavy (non-hydrogen) atoms. The van der Waals surface area contributed by atoms with Gasteiger partial charge in [0.25, 0.3) is 0 Å². The molecular weight excluding hydrogens is 294 g/mol. The Kier molecular flexibility index (Phi) is 3.03. The van der Waals surface area contributed by atoms with Gasteiger partial charge in [0.05, 0.1) is 31.5 Å². The Bertz CT molecular complexity index is 738. The number of para-hydroxylation sites is 1. The maximum absolute atomic E-state index is 12.6. The second-order valence-corrected chi connectivity index (χ2v) is 6.20. The van der Waals surface area contributed by atoms with Crippen molar-refractivity contribution >= 4 is 11.6 Å². The van der Waals surface area contributed by atoms with Gasteiger partial charge in [0.2, 0.25) is 5.91 Å². The molecule has 1 aliphatic carbocycles. The van der Waals surface area contributed by atoms with Gasteiger partial charge in [-0.1, -0.05) is 18.2 Å². The summed E-state index contributed by atoms with van der Waals surface area (Å²) in [6.45, 7) is 0. The number of aliphatic hydroxyl groups is 1. The highest BCUT2D eigenvalue weighted by Gasteiger charge is 2.57. The molecule has 1 N–H and O–H groups in total. The van der Waals surface area contributed by atoms with E-state index in [0.29, 0.717) is 24.4 Å². The van der Waals surface area contributed by atoms with Crippen molar-refractivity contribution in [3.8, 4) is 0 Å². The maximum atomic E-state index is 12.6. The summed E-state index contributed by atoms with van der Waals surface area (Å²) in [7, 11) is 3.17. The van der Waals surface area contributed by atoms with Crippen molar-refractivity contribution in [2.75, 3.05) is 19.1 Å². The number of anilines is 1. The van der Waals surface area contributed by atoms with Crippen molar-refractivity contribution in [3.05, 3.63) is 53.5 Å². The molecule has 0 bridgehead atoms. The van der Waals surface area contributed by atoms with Crippen molar-refractivity contribution in [1.29, 1.82) is 0 Å². The number of nitrogens with zero attached hydrogens (tertiary/aromatic N) is 1. The number of hydrogen-bond acceptors (Lipinski definition) is 4. The summed E-state index contributed by atoms with van der Waals surface area (Å²) in [5, 5.41) is 10.9. The van der Waals surface area contributed by atoms with E-state index in [1.807, 2.05) is 41.3 Å². The first-order valence-electron chi connectivity index (χ1n) is 7.75. The quantitative estimate of drug-likeness (QED) is 0.910. The first-order valence-corrected chi connectivity index (χ1v) is 7.75. The molecule has 1 spiro atoms. The molecular formula is C18H19NO4. The maximum Gasteiger partial charge on any atom is 0.227 e. The van der Waals surface area contributed by atoms with Crippen LogP contribution < -0.4 is 4.90 Å². The fourth-order valence-electron chi connectivity index (χ4n) is 4.19. The number of benzene rings is 1. The number of hydrogen-bond donors (Lipinski definition) is 1. The molecule has 1 fully saturated rings. The lowest BCUT2D eigenvalue weighted by Gasteiger charge is -2.50. The van der Waals surface area contributed by atoms with E-state index in [4.69, 9.17) is 9.47 Å². The average Bonchev–Trinajstić information content (AvgIpc) is 2.91. The third-order valence-electron chi connectivity index (χ3n) is 5.21. The van der Waals surface area contributed by atoms with Gasteiger partial charge >= 0.3 is 0 Å². The van der Waals surface area contributed by atoms with Gasteiger partial charge in [0, 0.05) is 17.9 Å². The van der Waals surface area contributed by atoms with Crippen LogP contribution in [0.2, 0.25) is 0 Å². The lowest BCUT2D eigenvalue weighted by atomic mass is 9.70. The smallest absolute Gasteiger partial charge is 0.227 e. The van der Waals surface area contributed by atoms with Gasteiger partial charge in [-0.25, -0.2) is 0 Å². The summed E-state index contributed by atoms with van der Waals surface area (Å²) in [4.78, 5) is 14.4. The summed E-state index contributed by atoms with van der Waals surface area (Å²) in [5.41, 5.74) is 0.988. The summed E-state index contributed by atoms with van der Waals surface area (Å²) < 4.78 is 10.9. The summed E-state index contributed by atoms with van der Waals surface area (Å²) in [6.07, 6.45) is 4.27. The fraction of sp³-hybridized carbons (Fsp3) is 0.389. The molecule has 5 nitrogen and oxygen atoms in total. The zero-order chi connectivity index (χ0) is 16.2. The first kappa shape index (κ1) is 14.3. The van der Waals surface area contributed by atoms with Crippen LogP contribution in [0.5, 0.6) is 0 Å². The third kappa shape index (κ3) is 1.74. The first-order chi connectivity index (χ1) is 11.1. The number of carbonyl (C=O) groups excluding carboxylic acids is 1. The van der Waals surface area contributed by atoms with Crippen molar-refractivity contribution in [2.24, 2.45) is 5.92 Å². The number of ether oxygens (including phenoxy) is 2. The zero-order valence-corrected chi connectivity index (χ0v) is 13.2. The van der Waals surface area contributed by atoms with Gasteiger partial charge in [-0.05, 0) is 24.6 Å². The number of amides is 1. The van der Waals surface area contributed by atoms with Crippen LogP contribution in [0.1, 0.15) is 24.5 Å². The van der Waals surface area contributed by atoms with Gasteiger partial charge in [-0.2, -0.15) is 0 Å². The second kappa shape index (κ2) is 4.86. The van der Waals surface area contributed by atoms with Crippen molar-refractivity contribution in [3.63, 3.8) is 0 Å². The summed E-state index contributed by atoms with van der Waals surface area (Å²) in [6, 6.07) is 7.56. The van der Waals surface area contributed by atoms with Crippen LogP contribution in [0.4, 0.5) is 5.69 Å². The third-order valence-corrected chi connectivity index (χ3v) is 5.21. The molecule has 120 valence electrons. The van der Waals surface area contributed by atoms with Gasteiger partial charge < -0.3 is 19.5 Å². The predicted octanol–water partition coefficient (Wildman–Crippen LogP) is 2.29. The van der Waals surface area contributed by atoms with Crippen LogP contribution >= 0.6 is 0 Å². The van der Waals surface area contributed by atoms with E-state index in [2.05, 4.69) is 0 Å². The number of rotatable bonds is 2. The molecule has 5 heteroatoms. The van der Waals surface area contributed by atoms with E-state index in [1.54, 1.807) is 14.2 Å². The molecule has 2 aliphatic heterocycles. The number of aliphatic hydroxyl groups excluding tert-OH is 1. The van der Waals surface area contributed by atoms with Crippen LogP contribution in [0, 0.1) is 5.92 Å². The van der Waals surface area contributed by atoms with Gasteiger partial charge in [-0.3, -0.25) is 4.79 Å². The molecule has 0 aromatic heterocycles. The van der Waals surface area contributed by atoms with Crippen molar-refractivity contribution < 1.29 is 19.4 Å². The van der Waals surface area contributed by atoms with Crippen LogP contribution in [0.25, 0.3) is 0 Å². The minimum Gasteiger partial charge on any atom is -0.493 e. The Labute approximate surface area is 134 Å². The van der Waals surface area contributed by atoms with E-state index in [0.717, 1.165) is 11.3 Å². The Morgan fingerprint density at radius 3 is 2.70 bits per heavy atom. The van der Waals surface area contributed by atoms with E-state index in [9.17, 15) is 9.90 Å². The monoisotopic (exact) mass is 313 g/mol. The molecule has 1 saturated heterocycles. The van der Waals surface area contributed by atoms with E-state index >= 15 is 0 Å². The standard InChI is InChI=1S/C18H19NO4/c1-22-14-9-12-17(21)11-5-3-4-6-13(11)19-16(20)7-8-18(12,19)10-15(14)23-2/h3-6,9-10,12,17,21H,7-8H2,1-2H3. The van der Waals surface area contributed by atoms with Crippen molar-refractivity contribution in [1.82, 2.24) is 0 Å². The molecule has 4 rings (SSSR count). The molecule has 1 amide bonds. The van der Waals surface area contributed by atoms with Crippen LogP contribution in [-0.2, 0) is 14.3 Å². The van der Waals surface area contributed by atoms with Crippen LogP contribution in [0.15, 0.2) is 47.9 Å². The Morgan fingerprint density at radius 2 is 1.96 bits per heavy atom. The lowest BCUT2D eigenvalue weighted by molar-refractivity contribution is -0.117. The molecule has 1 aromatic carbocycles. The molecule has 3 unspecified atom stereocenters. The molecule has 3 atom stereocenters. The minimum absolute atomic E-state index is 0.0790. The Balaban J connectivity index is 1.97. The average molecular weight is 313 g/mol. The van der Waals surface area contributed by atoms with Crippen LogP contribution in [-0.4, -0.2) is 30.8 Å². The summed E-state index contributed by atoms with van der Waals surface area (Å²) in [5.74, 6) is 1.03. The van der Waals surface area contributed by atoms with Gasteiger partial charge in [0.15, 0.2) is 11.5 Å². The zero-order valence-electron chi connectivity index (χ0n) is 13.2. The normalized spacial score (nSPS) is 31.6. The number of methoxy groups -OCH3 is 2. The number of carbonyl (C=O) groups is 1. The Morgan fingerprint density at radius 1 is 1.22 bits per heavy atom. The summed E-state index contributed by atoms with van der Waals surface area (Å²) >= 11 is 0. The lowest BCUT2D eigenvalue weighted by Crippen LogP contribution is -2.56. The highest BCUT2D eigenvalue weighted by molar-refractivity contribution is 6.00. The molecule has 0 radical (unpaired) electrons. The number of fused-ring (bicyclic) bond motifs is 2. The fourth-order valence-corrected chi connectivity index (χ4v) is 4.19. The molecule has 0 saturated carbocycles. The Hall–Kier alpha value is -2.27. The second-order valence-electron chi connectivity index (χ2n) is 6.20.